The first kappa shape index (κ1) is 18.3. The van der Waals surface area contributed by atoms with Crippen molar-refractivity contribution in [2.45, 2.75) is 33.2 Å². The van der Waals surface area contributed by atoms with Crippen LogP contribution in [-0.2, 0) is 11.2 Å². The van der Waals surface area contributed by atoms with Crippen molar-refractivity contribution in [3.05, 3.63) is 29.8 Å². The topological polar surface area (TPSA) is 58.4 Å². The third-order valence-electron chi connectivity index (χ3n) is 4.26. The molecular formula is C18H29N3OS. The minimum atomic E-state index is -0.515. The van der Waals surface area contributed by atoms with E-state index in [1.807, 2.05) is 44.7 Å². The third-order valence-corrected chi connectivity index (χ3v) is 5.20. The van der Waals surface area contributed by atoms with Crippen LogP contribution in [0.1, 0.15) is 26.3 Å². The highest BCUT2D eigenvalue weighted by Crippen LogP contribution is 2.19. The van der Waals surface area contributed by atoms with E-state index in [9.17, 15) is 4.79 Å². The number of nitrogens with zero attached hydrogens (tertiary/aromatic N) is 1. The number of nitrogens with one attached hydrogen (secondary N) is 1. The molecule has 1 aromatic carbocycles. The van der Waals surface area contributed by atoms with Gasteiger partial charge in [-0.05, 0) is 29.5 Å². The summed E-state index contributed by atoms with van der Waals surface area (Å²) in [5.74, 6) is 2.37. The molecule has 0 aliphatic carbocycles. The molecule has 0 spiro atoms. The first-order valence-corrected chi connectivity index (χ1v) is 9.47. The van der Waals surface area contributed by atoms with Gasteiger partial charge in [-0.25, -0.2) is 0 Å². The van der Waals surface area contributed by atoms with Crippen molar-refractivity contribution in [1.82, 2.24) is 4.90 Å². The smallest absolute Gasteiger partial charge is 0.241 e. The molecule has 1 saturated heterocycles. The number of carbonyl (C=O) groups excluding carboxylic acids is 1. The monoisotopic (exact) mass is 335 g/mol. The molecule has 2 rings (SSSR count). The van der Waals surface area contributed by atoms with Gasteiger partial charge in [-0.3, -0.25) is 4.79 Å². The van der Waals surface area contributed by atoms with E-state index in [0.717, 1.165) is 18.7 Å². The maximum atomic E-state index is 12.1. The highest BCUT2D eigenvalue weighted by molar-refractivity contribution is 7.99. The van der Waals surface area contributed by atoms with Crippen LogP contribution in [0, 0.1) is 5.41 Å². The molecule has 1 amide bonds. The molecule has 23 heavy (non-hydrogen) atoms. The van der Waals surface area contributed by atoms with Gasteiger partial charge in [0.25, 0.3) is 0 Å². The lowest BCUT2D eigenvalue weighted by Crippen LogP contribution is -2.45. The van der Waals surface area contributed by atoms with Gasteiger partial charge >= 0.3 is 0 Å². The normalized spacial score (nSPS) is 17.7. The Bertz CT molecular complexity index is 504. The summed E-state index contributed by atoms with van der Waals surface area (Å²) >= 11 is 2.04. The maximum absolute atomic E-state index is 12.1. The lowest BCUT2D eigenvalue weighted by molar-refractivity contribution is -0.119. The van der Waals surface area contributed by atoms with Crippen LogP contribution >= 0.6 is 11.8 Å². The fourth-order valence-corrected chi connectivity index (χ4v) is 3.46. The van der Waals surface area contributed by atoms with Gasteiger partial charge in [0.2, 0.25) is 5.91 Å². The second-order valence-electron chi connectivity index (χ2n) is 7.23. The Labute approximate surface area is 144 Å². The van der Waals surface area contributed by atoms with Gasteiger partial charge in [0.05, 0.1) is 6.04 Å². The number of rotatable bonds is 5. The number of anilines is 1. The van der Waals surface area contributed by atoms with Crippen LogP contribution in [0.5, 0.6) is 0 Å². The van der Waals surface area contributed by atoms with Gasteiger partial charge in [-0.1, -0.05) is 32.9 Å². The first-order chi connectivity index (χ1) is 10.9. The SMILES string of the molecule is CC(C)(C)[C@H](N)C(=O)Nc1ccc(CCN2CCSCC2)cc1. The Balaban J connectivity index is 1.83. The van der Waals surface area contributed by atoms with Crippen molar-refractivity contribution in [3.63, 3.8) is 0 Å². The Morgan fingerprint density at radius 3 is 2.43 bits per heavy atom. The summed E-state index contributed by atoms with van der Waals surface area (Å²) in [5.41, 5.74) is 7.86. The van der Waals surface area contributed by atoms with Gasteiger partial charge in [-0.15, -0.1) is 0 Å². The highest BCUT2D eigenvalue weighted by Gasteiger charge is 2.27. The Kier molecular flexibility index (Phi) is 6.50. The van der Waals surface area contributed by atoms with Crippen LogP contribution in [0.3, 0.4) is 0 Å². The zero-order chi connectivity index (χ0) is 16.9. The number of amides is 1. The van der Waals surface area contributed by atoms with Crippen molar-refractivity contribution in [2.24, 2.45) is 11.1 Å². The Hall–Kier alpha value is -1.04. The van der Waals surface area contributed by atoms with E-state index in [1.165, 1.54) is 30.2 Å². The van der Waals surface area contributed by atoms with E-state index in [4.69, 9.17) is 5.73 Å². The van der Waals surface area contributed by atoms with Crippen LogP contribution < -0.4 is 11.1 Å². The zero-order valence-electron chi connectivity index (χ0n) is 14.5. The average Bonchev–Trinajstić information content (AvgIpc) is 2.53. The van der Waals surface area contributed by atoms with Gasteiger partial charge < -0.3 is 16.0 Å². The van der Waals surface area contributed by atoms with Crippen LogP contribution in [0.25, 0.3) is 0 Å². The summed E-state index contributed by atoms with van der Waals surface area (Å²) in [6.07, 6.45) is 1.06. The molecule has 1 heterocycles. The summed E-state index contributed by atoms with van der Waals surface area (Å²) < 4.78 is 0. The van der Waals surface area contributed by atoms with E-state index >= 15 is 0 Å². The van der Waals surface area contributed by atoms with Crippen LogP contribution in [0.2, 0.25) is 0 Å². The quantitative estimate of drug-likeness (QED) is 0.868. The number of hydrogen-bond donors (Lipinski definition) is 2. The highest BCUT2D eigenvalue weighted by atomic mass is 32.2. The molecule has 4 nitrogen and oxygen atoms in total. The van der Waals surface area contributed by atoms with E-state index in [1.54, 1.807) is 0 Å². The van der Waals surface area contributed by atoms with Crippen molar-refractivity contribution in [3.8, 4) is 0 Å². The van der Waals surface area contributed by atoms with E-state index in [0.29, 0.717) is 0 Å². The fourth-order valence-electron chi connectivity index (χ4n) is 2.48. The lowest BCUT2D eigenvalue weighted by Gasteiger charge is -2.26. The molecular weight excluding hydrogens is 306 g/mol. The third kappa shape index (κ3) is 5.83. The molecule has 0 bridgehead atoms. The molecule has 0 aromatic heterocycles. The number of benzene rings is 1. The van der Waals surface area contributed by atoms with Crippen LogP contribution in [0.4, 0.5) is 5.69 Å². The standard InChI is InChI=1S/C18H29N3OS/c1-18(2,3)16(19)17(22)20-15-6-4-14(5-7-15)8-9-21-10-12-23-13-11-21/h4-7,16H,8-13,19H2,1-3H3,(H,20,22)/t16-/m1/s1. The minimum absolute atomic E-state index is 0.129. The second kappa shape index (κ2) is 8.18. The summed E-state index contributed by atoms with van der Waals surface area (Å²) in [6.45, 7) is 9.42. The van der Waals surface area contributed by atoms with Crippen molar-refractivity contribution in [2.75, 3.05) is 36.5 Å². The second-order valence-corrected chi connectivity index (χ2v) is 8.46. The predicted molar refractivity (Wildman–Crippen MR) is 100.0 cm³/mol. The van der Waals surface area contributed by atoms with Crippen molar-refractivity contribution in [1.29, 1.82) is 0 Å². The van der Waals surface area contributed by atoms with Crippen molar-refractivity contribution >= 4 is 23.4 Å². The first-order valence-electron chi connectivity index (χ1n) is 8.32. The summed E-state index contributed by atoms with van der Waals surface area (Å²) in [6, 6.07) is 7.61. The molecule has 1 aliphatic rings. The van der Waals surface area contributed by atoms with Crippen molar-refractivity contribution < 1.29 is 4.79 Å². The van der Waals surface area contributed by atoms with Crippen LogP contribution in [-0.4, -0.2) is 48.0 Å². The lowest BCUT2D eigenvalue weighted by atomic mass is 9.87. The molecule has 128 valence electrons. The van der Waals surface area contributed by atoms with E-state index in [-0.39, 0.29) is 11.3 Å². The Morgan fingerprint density at radius 1 is 1.26 bits per heavy atom. The molecule has 1 atom stereocenters. The molecule has 0 unspecified atom stereocenters. The molecule has 0 radical (unpaired) electrons. The summed E-state index contributed by atoms with van der Waals surface area (Å²) in [4.78, 5) is 14.7. The van der Waals surface area contributed by atoms with Crippen LogP contribution in [0.15, 0.2) is 24.3 Å². The summed E-state index contributed by atoms with van der Waals surface area (Å²) in [7, 11) is 0. The largest absolute Gasteiger partial charge is 0.325 e. The van der Waals surface area contributed by atoms with Gasteiger partial charge in [0.15, 0.2) is 0 Å². The summed E-state index contributed by atoms with van der Waals surface area (Å²) in [5, 5.41) is 2.90. The van der Waals surface area contributed by atoms with Gasteiger partial charge in [0.1, 0.15) is 0 Å². The Morgan fingerprint density at radius 2 is 1.87 bits per heavy atom. The van der Waals surface area contributed by atoms with Gasteiger partial charge in [0, 0.05) is 36.8 Å². The molecule has 1 fully saturated rings. The number of hydrogen-bond acceptors (Lipinski definition) is 4. The predicted octanol–water partition coefficient (Wildman–Crippen LogP) is 2.59. The number of carbonyl (C=O) groups is 1. The number of nitrogens with two attached hydrogens (primary N) is 1. The number of thioether (sulfide) groups is 1. The molecule has 5 heteroatoms. The van der Waals surface area contributed by atoms with Gasteiger partial charge in [-0.2, -0.15) is 11.8 Å². The minimum Gasteiger partial charge on any atom is -0.325 e. The van der Waals surface area contributed by atoms with E-state index in [2.05, 4.69) is 22.3 Å². The maximum Gasteiger partial charge on any atom is 0.241 e. The molecule has 0 saturated carbocycles. The molecule has 1 aliphatic heterocycles. The zero-order valence-corrected chi connectivity index (χ0v) is 15.3. The average molecular weight is 336 g/mol. The molecule has 1 aromatic rings. The molecule has 3 N–H and O–H groups in total. The fraction of sp³-hybridized carbons (Fsp3) is 0.611. The van der Waals surface area contributed by atoms with E-state index < -0.39 is 6.04 Å².